The van der Waals surface area contributed by atoms with Gasteiger partial charge in [-0.25, -0.2) is 8.42 Å². The molecular formula is C69H70N8O10SSi. The number of hydrogen-bond acceptors (Lipinski definition) is 18. The van der Waals surface area contributed by atoms with E-state index in [0.29, 0.717) is 45.7 Å². The topological polar surface area (TPSA) is 354 Å². The maximum atomic E-state index is 12.9. The van der Waals surface area contributed by atoms with Crippen LogP contribution in [0.25, 0.3) is 0 Å². The number of carbonyl (C=O) groups excluding carboxylic acids is 2. The molecule has 0 spiro atoms. The number of phenols is 2. The van der Waals surface area contributed by atoms with E-state index in [1.54, 1.807) is 72.8 Å². The van der Waals surface area contributed by atoms with Gasteiger partial charge in [-0.1, -0.05) is 36.4 Å². The molecule has 0 bridgehead atoms. The number of aromatic hydroxyl groups is 2. The zero-order chi connectivity index (χ0) is 64.5. The van der Waals surface area contributed by atoms with Crippen LogP contribution < -0.4 is 64.2 Å². The van der Waals surface area contributed by atoms with Crippen molar-refractivity contribution in [3.05, 3.63) is 250 Å². The smallest absolute Gasteiger partial charge is 0.454 e. The maximum Gasteiger partial charge on any atom is 0.454 e. The van der Waals surface area contributed by atoms with Crippen LogP contribution >= 0.6 is 0 Å². The number of benzene rings is 10. The Morgan fingerprint density at radius 2 is 0.708 bits per heavy atom. The van der Waals surface area contributed by atoms with Crippen LogP contribution in [-0.2, 0) is 16.3 Å². The molecule has 20 heteroatoms. The molecule has 0 aliphatic heterocycles. The lowest BCUT2D eigenvalue weighted by Gasteiger charge is -2.24. The van der Waals surface area contributed by atoms with Crippen LogP contribution in [-0.4, -0.2) is 38.8 Å². The summed E-state index contributed by atoms with van der Waals surface area (Å²) in [6, 6.07) is 54.9. The second-order valence-corrected chi connectivity index (χ2v) is 26.7. The number of aryl methyl sites for hydroxylation is 4. The van der Waals surface area contributed by atoms with Crippen LogP contribution in [0.2, 0.25) is 13.1 Å². The summed E-state index contributed by atoms with van der Waals surface area (Å²) < 4.78 is 49.2. The number of anilines is 8. The number of rotatable bonds is 12. The number of carbonyl (C=O) groups is 2. The molecule has 0 unspecified atom stereocenters. The first-order valence-electron chi connectivity index (χ1n) is 27.8. The molecule has 0 fully saturated rings. The van der Waals surface area contributed by atoms with Crippen molar-refractivity contribution in [2.24, 2.45) is 0 Å². The zero-order valence-electron chi connectivity index (χ0n) is 49.9. The Balaban J connectivity index is 0.000000157. The average molecular weight is 1230 g/mol. The molecule has 1 aliphatic rings. The predicted octanol–water partition coefficient (Wildman–Crippen LogP) is 13.0. The normalized spacial score (nSPS) is 11.4. The predicted molar refractivity (Wildman–Crippen MR) is 356 cm³/mol. The van der Waals surface area contributed by atoms with E-state index in [9.17, 15) is 28.2 Å². The maximum absolute atomic E-state index is 12.9. The third kappa shape index (κ3) is 15.9. The highest BCUT2D eigenvalue weighted by Crippen LogP contribution is 2.41. The largest absolute Gasteiger partial charge is 0.512 e. The minimum Gasteiger partial charge on any atom is -0.512 e. The lowest BCUT2D eigenvalue weighted by Crippen LogP contribution is -2.41. The molecule has 0 radical (unpaired) electrons. The molecule has 0 amide bonds. The van der Waals surface area contributed by atoms with E-state index >= 15 is 0 Å². The van der Waals surface area contributed by atoms with Gasteiger partial charge in [0.2, 0.25) is 15.6 Å². The number of sulfone groups is 1. The van der Waals surface area contributed by atoms with Gasteiger partial charge in [0, 0.05) is 70.7 Å². The van der Waals surface area contributed by atoms with Gasteiger partial charge in [-0.05, 0) is 213 Å². The van der Waals surface area contributed by atoms with Crippen LogP contribution in [0.15, 0.2) is 204 Å². The molecular weight excluding hydrogens is 1160 g/mol. The van der Waals surface area contributed by atoms with Crippen LogP contribution in [0.5, 0.6) is 46.0 Å². The van der Waals surface area contributed by atoms with Gasteiger partial charge in [-0.2, -0.15) is 0 Å². The summed E-state index contributed by atoms with van der Waals surface area (Å²) >= 11 is 0. The van der Waals surface area contributed by atoms with Crippen LogP contribution in [0, 0.1) is 27.7 Å². The molecule has 18 nitrogen and oxygen atoms in total. The number of phenolic OH excluding ortho intramolecular Hbond substituents is 2. The summed E-state index contributed by atoms with van der Waals surface area (Å²) in [4.78, 5) is 25.2. The second kappa shape index (κ2) is 27.1. The van der Waals surface area contributed by atoms with Crippen LogP contribution in [0.4, 0.5) is 45.5 Å². The molecule has 0 saturated heterocycles. The molecule has 10 aromatic rings. The van der Waals surface area contributed by atoms with Gasteiger partial charge in [-0.15, -0.1) is 0 Å². The van der Waals surface area contributed by atoms with Crippen molar-refractivity contribution < 1.29 is 46.5 Å². The van der Waals surface area contributed by atoms with Gasteiger partial charge in [0.05, 0.1) is 32.0 Å². The summed E-state index contributed by atoms with van der Waals surface area (Å²) in [6.07, 6.45) is 0.921. The highest BCUT2D eigenvalue weighted by molar-refractivity contribution is 7.91. The fraction of sp³-hybridized carbons (Fsp3) is 0.101. The van der Waals surface area contributed by atoms with E-state index in [0.717, 1.165) is 51.5 Å². The lowest BCUT2D eigenvalue weighted by atomic mass is 9.81. The minimum absolute atomic E-state index is 0.0737. The Kier molecular flexibility index (Phi) is 19.5. The number of fused-ring (bicyclic) bond motifs is 2. The van der Waals surface area contributed by atoms with Gasteiger partial charge in [0.15, 0.2) is 5.78 Å². The molecule has 0 heterocycles. The van der Waals surface area contributed by atoms with E-state index in [-0.39, 0.29) is 54.9 Å². The molecule has 11 rings (SSSR count). The van der Waals surface area contributed by atoms with Gasteiger partial charge in [-0.3, -0.25) is 9.59 Å². The SMILES string of the molecule is C[Si](C)(Oc1ccc(N)cc1)Oc1ccc(N)cc1.Cc1cc(Cc2cc(C)c(N)c(C)c2)cc(C)c1N.Nc1ccc(O)c2c1C(=O)c1c(N)ccc(O)c1C2=O.Nc1cccc(Oc2ccc(S(=O)(=O)c3ccc(Oc4cccc(N)c4)cc3)cc2)c1. The van der Waals surface area contributed by atoms with E-state index in [1.165, 1.54) is 59.7 Å². The molecule has 1 aliphatic carbocycles. The molecule has 89 heavy (non-hydrogen) atoms. The van der Waals surface area contributed by atoms with Gasteiger partial charge in [0.25, 0.3) is 0 Å². The third-order valence-electron chi connectivity index (χ3n) is 14.0. The highest BCUT2D eigenvalue weighted by Gasteiger charge is 2.37. The van der Waals surface area contributed by atoms with E-state index in [4.69, 9.17) is 64.2 Å². The standard InChI is InChI=1S/C24H20N2O4S.C17H22N2.C14H10N2O4.C14H18N2O2Si/c25-17-3-1-5-21(15-17)29-19-7-11-23(12-8-19)31(27,28)24-13-9-20(10-14-24)30-22-6-2-4-18(26)16-22;1-10-5-14(6-11(2)16(10)18)9-15-7-12(3)17(19)13(4)8-15;15-5-1-3-7(17)11-9(5)13(19)10-6(16)2-4-8(18)12(10)14(11)20;1-19(2,17-13-7-3-11(15)4-8-13)18-14-9-5-12(16)6-10-14/h1-16H,25-26H2;5-8H,9,18-19H2,1-4H3;1-4,17-18H,15-16H2;3-10H,15-16H2,1-2H3. The summed E-state index contributed by atoms with van der Waals surface area (Å²) in [6.45, 7) is 12.2. The van der Waals surface area contributed by atoms with Crippen molar-refractivity contribution in [1.29, 1.82) is 0 Å². The third-order valence-corrected chi connectivity index (χ3v) is 17.2. The Hall–Kier alpha value is -11.1. The Bertz CT molecular complexity index is 3980. The van der Waals surface area contributed by atoms with Gasteiger partial charge in [0.1, 0.15) is 46.0 Å². The van der Waals surface area contributed by atoms with Crippen LogP contribution in [0.1, 0.15) is 65.2 Å². The fourth-order valence-corrected chi connectivity index (χ4v) is 12.3. The summed E-state index contributed by atoms with van der Waals surface area (Å²) in [7, 11) is -5.98. The average Bonchev–Trinajstić information content (AvgIpc) is 0.774. The molecule has 0 atom stereocenters. The summed E-state index contributed by atoms with van der Waals surface area (Å²) in [5, 5.41) is 19.6. The summed E-state index contributed by atoms with van der Waals surface area (Å²) in [5.41, 5.74) is 57.4. The van der Waals surface area contributed by atoms with Gasteiger partial charge < -0.3 is 74.4 Å². The van der Waals surface area contributed by atoms with Gasteiger partial charge >= 0.3 is 8.56 Å². The first-order valence-corrected chi connectivity index (χ1v) is 32.1. The molecule has 10 aromatic carbocycles. The van der Waals surface area contributed by atoms with Crippen molar-refractivity contribution in [3.63, 3.8) is 0 Å². The van der Waals surface area contributed by atoms with Crippen molar-refractivity contribution >= 4 is 75.5 Å². The number of hydrogen-bond donors (Lipinski definition) is 10. The Morgan fingerprint density at radius 3 is 1.04 bits per heavy atom. The quantitative estimate of drug-likeness (QED) is 0.0308. The van der Waals surface area contributed by atoms with E-state index in [1.807, 2.05) is 61.6 Å². The first kappa shape index (κ1) is 63.9. The second-order valence-electron chi connectivity index (χ2n) is 21.5. The van der Waals surface area contributed by atoms with Crippen LogP contribution in [0.3, 0.4) is 0 Å². The van der Waals surface area contributed by atoms with Crippen molar-refractivity contribution in [2.45, 2.75) is 57.0 Å². The number of nitrogen functional groups attached to an aromatic ring is 8. The number of ketones is 2. The monoisotopic (exact) mass is 1230 g/mol. The summed E-state index contributed by atoms with van der Waals surface area (Å²) in [5.74, 6) is 1.71. The Morgan fingerprint density at radius 1 is 0.382 bits per heavy atom. The van der Waals surface area contributed by atoms with E-state index in [2.05, 4.69) is 52.0 Å². The zero-order valence-corrected chi connectivity index (χ0v) is 51.7. The Labute approximate surface area is 518 Å². The fourth-order valence-electron chi connectivity index (χ4n) is 9.58. The highest BCUT2D eigenvalue weighted by atomic mass is 32.2. The molecule has 0 aromatic heterocycles. The molecule has 18 N–H and O–H groups in total. The number of ether oxygens (including phenoxy) is 2. The van der Waals surface area contributed by atoms with Crippen molar-refractivity contribution in [1.82, 2.24) is 0 Å². The molecule has 456 valence electrons. The molecule has 0 saturated carbocycles. The number of nitrogens with two attached hydrogens (primary N) is 8. The van der Waals surface area contributed by atoms with E-state index < -0.39 is 30.0 Å². The first-order chi connectivity index (χ1) is 42.2. The lowest BCUT2D eigenvalue weighted by molar-refractivity contribution is 0.0975. The van der Waals surface area contributed by atoms with Crippen molar-refractivity contribution in [3.8, 4) is 46.0 Å². The van der Waals surface area contributed by atoms with Crippen molar-refractivity contribution in [2.75, 3.05) is 45.9 Å². The minimum atomic E-state index is -3.68.